The highest BCUT2D eigenvalue weighted by molar-refractivity contribution is 9.10. The van der Waals surface area contributed by atoms with Gasteiger partial charge in [-0.2, -0.15) is 0 Å². The predicted molar refractivity (Wildman–Crippen MR) is 81.4 cm³/mol. The van der Waals surface area contributed by atoms with Crippen LogP contribution < -0.4 is 5.32 Å². The van der Waals surface area contributed by atoms with Crippen LogP contribution in [0.3, 0.4) is 0 Å². The highest BCUT2D eigenvalue weighted by atomic mass is 79.9. The normalized spacial score (nSPS) is 13.8. The fourth-order valence-corrected chi connectivity index (χ4v) is 2.86. The van der Waals surface area contributed by atoms with E-state index in [4.69, 9.17) is 11.6 Å². The first-order valence-electron chi connectivity index (χ1n) is 6.17. The standard InChI is InChI=1S/C15H12BrClFN/c16-12-5-4-11(15(18)14(12)17)9-3-6-13-10(8-9)2-1-7-19-13/h3-6,8,19H,1-2,7H2. The van der Waals surface area contributed by atoms with Gasteiger partial charge in [0.15, 0.2) is 5.82 Å². The van der Waals surface area contributed by atoms with Crippen molar-refractivity contribution in [2.24, 2.45) is 0 Å². The molecule has 0 saturated carbocycles. The fourth-order valence-electron chi connectivity index (χ4n) is 2.39. The van der Waals surface area contributed by atoms with Crippen LogP contribution in [0.1, 0.15) is 12.0 Å². The summed E-state index contributed by atoms with van der Waals surface area (Å²) < 4.78 is 14.8. The van der Waals surface area contributed by atoms with Crippen LogP contribution in [0.15, 0.2) is 34.8 Å². The van der Waals surface area contributed by atoms with Gasteiger partial charge in [-0.1, -0.05) is 23.7 Å². The van der Waals surface area contributed by atoms with Crippen molar-refractivity contribution in [1.29, 1.82) is 0 Å². The Balaban J connectivity index is 2.10. The van der Waals surface area contributed by atoms with Crippen LogP contribution in [-0.2, 0) is 6.42 Å². The van der Waals surface area contributed by atoms with E-state index in [1.807, 2.05) is 18.2 Å². The number of fused-ring (bicyclic) bond motifs is 1. The maximum absolute atomic E-state index is 14.2. The maximum Gasteiger partial charge on any atom is 0.150 e. The Hall–Kier alpha value is -1.06. The molecule has 2 aromatic carbocycles. The van der Waals surface area contributed by atoms with Gasteiger partial charge in [-0.3, -0.25) is 0 Å². The van der Waals surface area contributed by atoms with Gasteiger partial charge in [0.1, 0.15) is 0 Å². The zero-order chi connectivity index (χ0) is 13.4. The summed E-state index contributed by atoms with van der Waals surface area (Å²) in [5, 5.41) is 3.48. The molecule has 0 bridgehead atoms. The largest absolute Gasteiger partial charge is 0.385 e. The molecule has 98 valence electrons. The van der Waals surface area contributed by atoms with Crippen LogP contribution in [0, 0.1) is 5.82 Å². The third-order valence-electron chi connectivity index (χ3n) is 3.39. The van der Waals surface area contributed by atoms with E-state index >= 15 is 0 Å². The molecule has 0 aromatic heterocycles. The summed E-state index contributed by atoms with van der Waals surface area (Å²) in [5.74, 6) is -0.375. The topological polar surface area (TPSA) is 12.0 Å². The van der Waals surface area contributed by atoms with Crippen molar-refractivity contribution in [3.63, 3.8) is 0 Å². The molecule has 1 nitrogen and oxygen atoms in total. The van der Waals surface area contributed by atoms with Crippen LogP contribution in [0.4, 0.5) is 10.1 Å². The summed E-state index contributed by atoms with van der Waals surface area (Å²) in [4.78, 5) is 0. The van der Waals surface area contributed by atoms with Crippen LogP contribution in [-0.4, -0.2) is 6.54 Å². The average molecular weight is 341 g/mol. The van der Waals surface area contributed by atoms with Gasteiger partial charge in [-0.15, -0.1) is 0 Å². The second kappa shape index (κ2) is 5.14. The summed E-state index contributed by atoms with van der Waals surface area (Å²) >= 11 is 9.17. The zero-order valence-corrected chi connectivity index (χ0v) is 12.5. The Morgan fingerprint density at radius 2 is 2.05 bits per heavy atom. The first-order chi connectivity index (χ1) is 9.16. The molecule has 1 N–H and O–H groups in total. The van der Waals surface area contributed by atoms with Crippen molar-refractivity contribution in [3.05, 3.63) is 51.2 Å². The molecule has 1 aliphatic heterocycles. The highest BCUT2D eigenvalue weighted by Crippen LogP contribution is 2.35. The van der Waals surface area contributed by atoms with Crippen LogP contribution in [0.2, 0.25) is 5.02 Å². The number of nitrogens with one attached hydrogen (secondary N) is 1. The van der Waals surface area contributed by atoms with E-state index in [1.165, 1.54) is 5.56 Å². The lowest BCUT2D eigenvalue weighted by atomic mass is 9.97. The maximum atomic E-state index is 14.2. The van der Waals surface area contributed by atoms with Crippen molar-refractivity contribution in [2.75, 3.05) is 11.9 Å². The summed E-state index contributed by atoms with van der Waals surface area (Å²) in [5.41, 5.74) is 3.80. The number of hydrogen-bond donors (Lipinski definition) is 1. The Kier molecular flexibility index (Phi) is 3.50. The van der Waals surface area contributed by atoms with Gasteiger partial charge in [-0.25, -0.2) is 4.39 Å². The quantitative estimate of drug-likeness (QED) is 0.698. The highest BCUT2D eigenvalue weighted by Gasteiger charge is 2.14. The molecule has 19 heavy (non-hydrogen) atoms. The molecule has 0 unspecified atom stereocenters. The number of anilines is 1. The predicted octanol–water partition coefficient (Wildman–Crippen LogP) is 5.27. The van der Waals surface area contributed by atoms with Crippen LogP contribution in [0.5, 0.6) is 0 Å². The second-order valence-electron chi connectivity index (χ2n) is 4.63. The van der Waals surface area contributed by atoms with E-state index in [1.54, 1.807) is 12.1 Å². The average Bonchev–Trinajstić information content (AvgIpc) is 2.44. The lowest BCUT2D eigenvalue weighted by molar-refractivity contribution is 0.631. The lowest BCUT2D eigenvalue weighted by Crippen LogP contribution is -2.11. The molecule has 1 heterocycles. The second-order valence-corrected chi connectivity index (χ2v) is 5.86. The summed E-state index contributed by atoms with van der Waals surface area (Å²) in [6, 6.07) is 9.52. The van der Waals surface area contributed by atoms with E-state index in [2.05, 4.69) is 21.2 Å². The van der Waals surface area contributed by atoms with Gasteiger partial charge in [0.2, 0.25) is 0 Å². The van der Waals surface area contributed by atoms with E-state index < -0.39 is 0 Å². The third kappa shape index (κ3) is 2.37. The summed E-state index contributed by atoms with van der Waals surface area (Å²) in [7, 11) is 0. The molecule has 1 aliphatic rings. The van der Waals surface area contributed by atoms with Gasteiger partial charge >= 0.3 is 0 Å². The van der Waals surface area contributed by atoms with E-state index in [9.17, 15) is 4.39 Å². The number of halogens is 3. The van der Waals surface area contributed by atoms with Crippen LogP contribution in [0.25, 0.3) is 11.1 Å². The number of rotatable bonds is 1. The minimum absolute atomic E-state index is 0.133. The van der Waals surface area contributed by atoms with Gasteiger partial charge in [0.25, 0.3) is 0 Å². The van der Waals surface area contributed by atoms with Crippen molar-refractivity contribution in [1.82, 2.24) is 0 Å². The van der Waals surface area contributed by atoms with Gasteiger partial charge in [-0.05, 0) is 58.1 Å². The molecule has 0 atom stereocenters. The van der Waals surface area contributed by atoms with Gasteiger partial charge < -0.3 is 5.32 Å². The van der Waals surface area contributed by atoms with E-state index in [0.29, 0.717) is 10.0 Å². The number of hydrogen-bond acceptors (Lipinski definition) is 1. The molecule has 4 heteroatoms. The van der Waals surface area contributed by atoms with Crippen molar-refractivity contribution >= 4 is 33.2 Å². The number of benzene rings is 2. The van der Waals surface area contributed by atoms with Crippen molar-refractivity contribution in [3.8, 4) is 11.1 Å². The smallest absolute Gasteiger partial charge is 0.150 e. The lowest BCUT2D eigenvalue weighted by Gasteiger charge is -2.19. The molecule has 3 rings (SSSR count). The fraction of sp³-hybridized carbons (Fsp3) is 0.200. The molecule has 0 saturated heterocycles. The van der Waals surface area contributed by atoms with Gasteiger partial charge in [0, 0.05) is 22.3 Å². The molecule has 2 aromatic rings. The van der Waals surface area contributed by atoms with Crippen LogP contribution >= 0.6 is 27.5 Å². The zero-order valence-electron chi connectivity index (χ0n) is 10.1. The molecule has 0 aliphatic carbocycles. The third-order valence-corrected chi connectivity index (χ3v) is 4.65. The first-order valence-corrected chi connectivity index (χ1v) is 7.34. The minimum Gasteiger partial charge on any atom is -0.385 e. The molecule has 0 amide bonds. The van der Waals surface area contributed by atoms with Gasteiger partial charge in [0.05, 0.1) is 5.02 Å². The van der Waals surface area contributed by atoms with E-state index in [-0.39, 0.29) is 10.8 Å². The van der Waals surface area contributed by atoms with E-state index in [0.717, 1.165) is 30.6 Å². The van der Waals surface area contributed by atoms with Crippen molar-refractivity contribution < 1.29 is 4.39 Å². The monoisotopic (exact) mass is 339 g/mol. The molecular weight excluding hydrogens is 329 g/mol. The molecule has 0 fully saturated rings. The first kappa shape index (κ1) is 12.9. The summed E-state index contributed by atoms with van der Waals surface area (Å²) in [6.07, 6.45) is 2.14. The minimum atomic E-state index is -0.375. The molecule has 0 spiro atoms. The Morgan fingerprint density at radius 1 is 1.21 bits per heavy atom. The van der Waals surface area contributed by atoms with Crippen molar-refractivity contribution in [2.45, 2.75) is 12.8 Å². The Labute approximate surface area is 124 Å². The Bertz CT molecular complexity index is 642. The summed E-state index contributed by atoms with van der Waals surface area (Å²) in [6.45, 7) is 1.00. The molecular formula is C15H12BrClFN. The molecule has 0 radical (unpaired) electrons. The SMILES string of the molecule is Fc1c(-c2ccc3c(c2)CCCN3)ccc(Br)c1Cl. The Morgan fingerprint density at radius 3 is 2.89 bits per heavy atom. The number of aryl methyl sites for hydroxylation is 1.